The third-order valence-corrected chi connectivity index (χ3v) is 5.42. The first-order chi connectivity index (χ1) is 15.4. The van der Waals surface area contributed by atoms with Crippen LogP contribution >= 0.6 is 0 Å². The minimum Gasteiger partial charge on any atom is -0.492 e. The number of benzene rings is 1. The Labute approximate surface area is 183 Å². The molecule has 0 saturated heterocycles. The number of anilines is 3. The van der Waals surface area contributed by atoms with Crippen molar-refractivity contribution >= 4 is 23.4 Å². The third kappa shape index (κ3) is 4.66. The van der Waals surface area contributed by atoms with E-state index in [1.807, 2.05) is 0 Å². The first-order valence-electron chi connectivity index (χ1n) is 10.4. The van der Waals surface area contributed by atoms with Crippen molar-refractivity contribution in [3.05, 3.63) is 46.5 Å². The van der Waals surface area contributed by atoms with Gasteiger partial charge < -0.3 is 32.2 Å². The van der Waals surface area contributed by atoms with Gasteiger partial charge in [0.05, 0.1) is 6.20 Å². The number of nitrogen functional groups attached to an aromatic ring is 2. The number of carbonyl (C=O) groups excluding carboxylic acids is 1. The molecule has 1 saturated carbocycles. The number of hydrogen-bond acceptors (Lipinski definition) is 8. The van der Waals surface area contributed by atoms with Crippen LogP contribution in [-0.2, 0) is 17.8 Å². The lowest BCUT2D eigenvalue weighted by Crippen LogP contribution is -2.37. The van der Waals surface area contributed by atoms with Crippen molar-refractivity contribution in [3.63, 3.8) is 0 Å². The zero-order valence-electron chi connectivity index (χ0n) is 17.5. The van der Waals surface area contributed by atoms with E-state index in [2.05, 4.69) is 25.6 Å². The lowest BCUT2D eigenvalue weighted by atomic mass is 9.93. The van der Waals surface area contributed by atoms with E-state index < -0.39 is 5.56 Å². The summed E-state index contributed by atoms with van der Waals surface area (Å²) in [7, 11) is 0. The van der Waals surface area contributed by atoms with E-state index in [9.17, 15) is 14.7 Å². The maximum absolute atomic E-state index is 13.2. The lowest BCUT2D eigenvalue weighted by molar-refractivity contribution is -0.121. The maximum atomic E-state index is 13.2. The number of H-pyrrole nitrogens is 1. The van der Waals surface area contributed by atoms with E-state index in [1.54, 1.807) is 30.5 Å². The first-order valence-corrected chi connectivity index (χ1v) is 10.4. The number of nitrogens with one attached hydrogen (secondary N) is 3. The smallest absolute Gasteiger partial charge is 0.294 e. The second-order valence-corrected chi connectivity index (χ2v) is 7.82. The number of aromatic hydroxyl groups is 1. The second-order valence-electron chi connectivity index (χ2n) is 7.82. The van der Waals surface area contributed by atoms with Crippen molar-refractivity contribution in [2.24, 2.45) is 0 Å². The van der Waals surface area contributed by atoms with Crippen molar-refractivity contribution in [2.75, 3.05) is 23.3 Å². The van der Waals surface area contributed by atoms with E-state index in [4.69, 9.17) is 11.5 Å². The Hall–Kier alpha value is -4.02. The first kappa shape index (κ1) is 21.2. The van der Waals surface area contributed by atoms with Crippen molar-refractivity contribution in [1.29, 1.82) is 0 Å². The molecule has 168 valence electrons. The van der Waals surface area contributed by atoms with Gasteiger partial charge in [-0.1, -0.05) is 12.1 Å². The Kier molecular flexibility index (Phi) is 5.97. The number of aromatic nitrogens is 4. The molecule has 0 radical (unpaired) electrons. The van der Waals surface area contributed by atoms with Crippen molar-refractivity contribution < 1.29 is 9.90 Å². The molecule has 0 unspecified atom stereocenters. The Morgan fingerprint density at radius 3 is 2.78 bits per heavy atom. The average molecular weight is 438 g/mol. The summed E-state index contributed by atoms with van der Waals surface area (Å²) in [4.78, 5) is 36.7. The van der Waals surface area contributed by atoms with Crippen LogP contribution in [0.25, 0.3) is 11.3 Å². The quantitative estimate of drug-likeness (QED) is 0.280. The number of nitrogens with two attached hydrogens (primary N) is 2. The van der Waals surface area contributed by atoms with Gasteiger partial charge in [0.2, 0.25) is 11.8 Å². The van der Waals surface area contributed by atoms with Crippen LogP contribution < -0.4 is 27.7 Å². The highest BCUT2D eigenvalue weighted by Crippen LogP contribution is 2.29. The summed E-state index contributed by atoms with van der Waals surface area (Å²) >= 11 is 0. The molecule has 0 aliphatic heterocycles. The molecular weight excluding hydrogens is 412 g/mol. The molecule has 1 aromatic carbocycles. The van der Waals surface area contributed by atoms with Crippen LogP contribution in [0.15, 0.2) is 35.3 Å². The number of nitrogens with zero attached hydrogens (tertiary/aromatic N) is 3. The minimum absolute atomic E-state index is 0.0283. The molecule has 2 heterocycles. The van der Waals surface area contributed by atoms with Crippen molar-refractivity contribution in [3.8, 4) is 17.1 Å². The van der Waals surface area contributed by atoms with Gasteiger partial charge in [0, 0.05) is 36.0 Å². The zero-order valence-corrected chi connectivity index (χ0v) is 17.5. The second kappa shape index (κ2) is 9.00. The summed E-state index contributed by atoms with van der Waals surface area (Å²) in [6, 6.07) is 6.85. The van der Waals surface area contributed by atoms with Crippen molar-refractivity contribution in [2.45, 2.75) is 38.3 Å². The Balaban J connectivity index is 1.59. The minimum atomic E-state index is -0.483. The molecule has 8 N–H and O–H groups in total. The molecule has 0 atom stereocenters. The van der Waals surface area contributed by atoms with E-state index in [0.717, 1.165) is 25.0 Å². The Morgan fingerprint density at radius 2 is 2.12 bits per heavy atom. The number of amides is 1. The molecule has 2 aromatic heterocycles. The molecule has 11 heteroatoms. The summed E-state index contributed by atoms with van der Waals surface area (Å²) in [5.41, 5.74) is 12.8. The standard InChI is InChI=1S/C21H26N8O3/c22-13-4-1-3-12(9-13)17-19(31)28-18(26-14-5-2-6-14)20(32)29(17)11-16(30)24-8-7-15-10-25-21(23)27-15/h1,3-4,9-10,14,31H,2,5-8,11,22H2,(H,24,30)(H,26,28)(H3,23,25,27). The number of rotatable bonds is 8. The van der Waals surface area contributed by atoms with Gasteiger partial charge in [0.15, 0.2) is 11.8 Å². The molecular formula is C21H26N8O3. The van der Waals surface area contributed by atoms with Crippen LogP contribution in [0.4, 0.5) is 17.5 Å². The molecule has 1 aliphatic carbocycles. The van der Waals surface area contributed by atoms with E-state index in [0.29, 0.717) is 30.2 Å². The fraction of sp³-hybridized carbons (Fsp3) is 0.333. The maximum Gasteiger partial charge on any atom is 0.294 e. The average Bonchev–Trinajstić information content (AvgIpc) is 3.13. The van der Waals surface area contributed by atoms with Crippen LogP contribution in [0.5, 0.6) is 5.88 Å². The normalized spacial score (nSPS) is 13.5. The highest BCUT2D eigenvalue weighted by atomic mass is 16.3. The van der Waals surface area contributed by atoms with Gasteiger partial charge in [-0.05, 0) is 31.4 Å². The zero-order chi connectivity index (χ0) is 22.7. The topological polar surface area (TPSA) is 177 Å². The molecule has 32 heavy (non-hydrogen) atoms. The number of imidazole rings is 1. The van der Waals surface area contributed by atoms with Gasteiger partial charge in [-0.3, -0.25) is 14.2 Å². The van der Waals surface area contributed by atoms with Gasteiger partial charge in [0.1, 0.15) is 12.2 Å². The van der Waals surface area contributed by atoms with Crippen LogP contribution in [-0.4, -0.2) is 43.1 Å². The predicted molar refractivity (Wildman–Crippen MR) is 121 cm³/mol. The van der Waals surface area contributed by atoms with E-state index >= 15 is 0 Å². The largest absolute Gasteiger partial charge is 0.492 e. The third-order valence-electron chi connectivity index (χ3n) is 5.42. The Bertz CT molecular complexity index is 1180. The highest BCUT2D eigenvalue weighted by Gasteiger charge is 2.24. The van der Waals surface area contributed by atoms with Gasteiger partial charge in [0.25, 0.3) is 5.56 Å². The van der Waals surface area contributed by atoms with Crippen molar-refractivity contribution in [1.82, 2.24) is 24.8 Å². The fourth-order valence-electron chi connectivity index (χ4n) is 3.56. The predicted octanol–water partition coefficient (Wildman–Crippen LogP) is 0.827. The lowest BCUT2D eigenvalue weighted by Gasteiger charge is -2.27. The summed E-state index contributed by atoms with van der Waals surface area (Å²) < 4.78 is 1.22. The molecule has 0 bridgehead atoms. The summed E-state index contributed by atoms with van der Waals surface area (Å²) in [5.74, 6) is -0.397. The number of aromatic amines is 1. The molecule has 1 fully saturated rings. The Morgan fingerprint density at radius 1 is 1.31 bits per heavy atom. The van der Waals surface area contributed by atoms with E-state index in [1.165, 1.54) is 4.57 Å². The monoisotopic (exact) mass is 438 g/mol. The number of carbonyl (C=O) groups is 1. The summed E-state index contributed by atoms with van der Waals surface area (Å²) in [6.45, 7) is 0.0383. The SMILES string of the molecule is Nc1cccc(-c2c(O)nc(NC3CCC3)c(=O)n2CC(=O)NCCc2cnc(N)[nH]2)c1. The molecule has 3 aromatic rings. The van der Waals surface area contributed by atoms with Crippen LogP contribution in [0.2, 0.25) is 0 Å². The van der Waals surface area contributed by atoms with Gasteiger partial charge in [-0.2, -0.15) is 4.98 Å². The van der Waals surface area contributed by atoms with Crippen LogP contribution in [0.3, 0.4) is 0 Å². The molecule has 0 spiro atoms. The van der Waals surface area contributed by atoms with Gasteiger partial charge in [-0.25, -0.2) is 4.98 Å². The molecule has 4 rings (SSSR count). The highest BCUT2D eigenvalue weighted by molar-refractivity contribution is 5.78. The fourth-order valence-corrected chi connectivity index (χ4v) is 3.56. The molecule has 11 nitrogen and oxygen atoms in total. The van der Waals surface area contributed by atoms with Crippen LogP contribution in [0, 0.1) is 0 Å². The summed E-state index contributed by atoms with van der Waals surface area (Å²) in [6.07, 6.45) is 5.03. The van der Waals surface area contributed by atoms with Gasteiger partial charge >= 0.3 is 0 Å². The molecule has 1 amide bonds. The molecule has 1 aliphatic rings. The van der Waals surface area contributed by atoms with Crippen LogP contribution in [0.1, 0.15) is 25.0 Å². The van der Waals surface area contributed by atoms with E-state index in [-0.39, 0.29) is 35.9 Å². The summed E-state index contributed by atoms with van der Waals surface area (Å²) in [5, 5.41) is 16.5. The number of hydrogen-bond donors (Lipinski definition) is 6. The van der Waals surface area contributed by atoms with Gasteiger partial charge in [-0.15, -0.1) is 0 Å².